The van der Waals surface area contributed by atoms with Gasteiger partial charge < -0.3 is 9.80 Å². The molecule has 4 rings (SSSR count). The quantitative estimate of drug-likeness (QED) is 0.876. The Balaban J connectivity index is 1.44. The van der Waals surface area contributed by atoms with Gasteiger partial charge in [-0.1, -0.05) is 0 Å². The van der Waals surface area contributed by atoms with Crippen LogP contribution in [0.2, 0.25) is 0 Å². The van der Waals surface area contributed by atoms with E-state index in [0.29, 0.717) is 19.1 Å². The number of nitrogens with zero attached hydrogens (tertiary/aromatic N) is 4. The fourth-order valence-corrected chi connectivity index (χ4v) is 4.43. The summed E-state index contributed by atoms with van der Waals surface area (Å²) in [5, 5.41) is 0. The number of aromatic nitrogens is 2. The van der Waals surface area contributed by atoms with Gasteiger partial charge in [0.15, 0.2) is 0 Å². The van der Waals surface area contributed by atoms with Gasteiger partial charge in [0.05, 0.1) is 17.8 Å². The van der Waals surface area contributed by atoms with E-state index >= 15 is 0 Å². The Labute approximate surface area is 154 Å². The summed E-state index contributed by atoms with van der Waals surface area (Å²) in [6.07, 6.45) is 6.46. The standard InChI is InChI=1S/C19H29N5O2/c1-14-6-2-3-10-24(14)17(25)13-22-11-7-16-15(12-22)18(26)21-19(20-16)23-8-4-5-9-23/h14H,2-13H2,1H3,(H,20,21,26)/t14-/m0/s1. The van der Waals surface area contributed by atoms with Gasteiger partial charge in [-0.25, -0.2) is 4.98 Å². The van der Waals surface area contributed by atoms with E-state index in [4.69, 9.17) is 4.98 Å². The first kappa shape index (κ1) is 17.5. The Morgan fingerprint density at radius 2 is 1.92 bits per heavy atom. The van der Waals surface area contributed by atoms with Crippen LogP contribution in [0.1, 0.15) is 50.3 Å². The third-order valence-corrected chi connectivity index (χ3v) is 6.02. The van der Waals surface area contributed by atoms with E-state index in [1.807, 2.05) is 4.90 Å². The second-order valence-electron chi connectivity index (χ2n) is 7.90. The van der Waals surface area contributed by atoms with Crippen LogP contribution in [0.5, 0.6) is 0 Å². The summed E-state index contributed by atoms with van der Waals surface area (Å²) in [7, 11) is 0. The van der Waals surface area contributed by atoms with Gasteiger partial charge in [0.1, 0.15) is 0 Å². The van der Waals surface area contributed by atoms with Crippen LogP contribution in [-0.2, 0) is 17.8 Å². The molecule has 3 aliphatic heterocycles. The van der Waals surface area contributed by atoms with E-state index in [2.05, 4.69) is 21.7 Å². The summed E-state index contributed by atoms with van der Waals surface area (Å²) in [4.78, 5) is 39.2. The van der Waals surface area contributed by atoms with Crippen LogP contribution in [0.4, 0.5) is 5.95 Å². The van der Waals surface area contributed by atoms with Crippen LogP contribution in [0.25, 0.3) is 0 Å². The van der Waals surface area contributed by atoms with E-state index in [-0.39, 0.29) is 11.5 Å². The summed E-state index contributed by atoms with van der Waals surface area (Å²) in [6.45, 7) is 6.65. The molecule has 0 bridgehead atoms. The molecule has 7 nitrogen and oxygen atoms in total. The number of hydrogen-bond donors (Lipinski definition) is 1. The number of H-pyrrole nitrogens is 1. The van der Waals surface area contributed by atoms with Crippen molar-refractivity contribution in [2.75, 3.05) is 37.6 Å². The molecular formula is C19H29N5O2. The highest BCUT2D eigenvalue weighted by atomic mass is 16.2. The number of carbonyl (C=O) groups excluding carboxylic acids is 1. The number of amides is 1. The highest BCUT2D eigenvalue weighted by Gasteiger charge is 2.28. The largest absolute Gasteiger partial charge is 0.342 e. The normalized spacial score (nSPS) is 24.0. The van der Waals surface area contributed by atoms with E-state index in [0.717, 1.165) is 75.5 Å². The zero-order valence-electron chi connectivity index (χ0n) is 15.7. The molecule has 3 aliphatic rings. The predicted molar refractivity (Wildman–Crippen MR) is 100 cm³/mol. The van der Waals surface area contributed by atoms with Gasteiger partial charge in [0, 0.05) is 45.2 Å². The summed E-state index contributed by atoms with van der Waals surface area (Å²) < 4.78 is 0. The molecule has 1 aromatic heterocycles. The summed E-state index contributed by atoms with van der Waals surface area (Å²) in [5.41, 5.74) is 1.60. The molecular weight excluding hydrogens is 330 g/mol. The molecule has 1 aromatic rings. The van der Waals surface area contributed by atoms with Gasteiger partial charge in [-0.2, -0.15) is 0 Å². The minimum Gasteiger partial charge on any atom is -0.342 e. The Morgan fingerprint density at radius 3 is 2.69 bits per heavy atom. The fourth-order valence-electron chi connectivity index (χ4n) is 4.43. The van der Waals surface area contributed by atoms with Crippen molar-refractivity contribution in [2.45, 2.75) is 58.0 Å². The summed E-state index contributed by atoms with van der Waals surface area (Å²) >= 11 is 0. The number of rotatable bonds is 3. The molecule has 0 saturated carbocycles. The zero-order valence-corrected chi connectivity index (χ0v) is 15.7. The van der Waals surface area contributed by atoms with Crippen LogP contribution in [0.3, 0.4) is 0 Å². The van der Waals surface area contributed by atoms with Crippen molar-refractivity contribution in [3.05, 3.63) is 21.6 Å². The molecule has 7 heteroatoms. The minimum atomic E-state index is -0.0413. The lowest BCUT2D eigenvalue weighted by Crippen LogP contribution is -2.48. The summed E-state index contributed by atoms with van der Waals surface area (Å²) in [5.74, 6) is 0.914. The Bertz CT molecular complexity index is 725. The van der Waals surface area contributed by atoms with E-state index in [9.17, 15) is 9.59 Å². The number of hydrogen-bond acceptors (Lipinski definition) is 5. The maximum Gasteiger partial charge on any atom is 0.257 e. The zero-order chi connectivity index (χ0) is 18.1. The first-order valence-corrected chi connectivity index (χ1v) is 10.0. The smallest absolute Gasteiger partial charge is 0.257 e. The maximum atomic E-state index is 12.7. The second-order valence-corrected chi connectivity index (χ2v) is 7.90. The Kier molecular flexibility index (Phi) is 4.98. The van der Waals surface area contributed by atoms with Crippen molar-refractivity contribution >= 4 is 11.9 Å². The first-order valence-electron chi connectivity index (χ1n) is 10.0. The lowest BCUT2D eigenvalue weighted by atomic mass is 10.0. The van der Waals surface area contributed by atoms with Crippen molar-refractivity contribution in [3.63, 3.8) is 0 Å². The van der Waals surface area contributed by atoms with E-state index in [1.54, 1.807) is 0 Å². The lowest BCUT2D eigenvalue weighted by Gasteiger charge is -2.36. The Hall–Kier alpha value is -1.89. The second kappa shape index (κ2) is 7.39. The fraction of sp³-hybridized carbons (Fsp3) is 0.737. The van der Waals surface area contributed by atoms with Crippen molar-refractivity contribution in [1.82, 2.24) is 19.8 Å². The van der Waals surface area contributed by atoms with Crippen molar-refractivity contribution in [3.8, 4) is 0 Å². The molecule has 1 atom stereocenters. The number of piperidine rings is 1. The number of fused-ring (bicyclic) bond motifs is 1. The third kappa shape index (κ3) is 3.49. The molecule has 2 fully saturated rings. The number of nitrogens with one attached hydrogen (secondary N) is 1. The molecule has 0 aliphatic carbocycles. The van der Waals surface area contributed by atoms with Crippen molar-refractivity contribution < 1.29 is 4.79 Å². The number of aromatic amines is 1. The van der Waals surface area contributed by atoms with E-state index < -0.39 is 0 Å². The molecule has 26 heavy (non-hydrogen) atoms. The average molecular weight is 359 g/mol. The van der Waals surface area contributed by atoms with Crippen LogP contribution in [0.15, 0.2) is 4.79 Å². The van der Waals surface area contributed by atoms with Gasteiger partial charge in [-0.3, -0.25) is 19.5 Å². The van der Waals surface area contributed by atoms with Crippen molar-refractivity contribution in [2.24, 2.45) is 0 Å². The molecule has 0 aromatic carbocycles. The molecule has 0 spiro atoms. The number of anilines is 1. The van der Waals surface area contributed by atoms with Gasteiger partial charge in [0.2, 0.25) is 11.9 Å². The highest BCUT2D eigenvalue weighted by molar-refractivity contribution is 5.78. The Morgan fingerprint density at radius 1 is 1.15 bits per heavy atom. The van der Waals surface area contributed by atoms with Gasteiger partial charge in [-0.15, -0.1) is 0 Å². The molecule has 4 heterocycles. The van der Waals surface area contributed by atoms with E-state index in [1.165, 1.54) is 6.42 Å². The lowest BCUT2D eigenvalue weighted by molar-refractivity contribution is -0.135. The minimum absolute atomic E-state index is 0.0413. The number of carbonyl (C=O) groups is 1. The van der Waals surface area contributed by atoms with Gasteiger partial charge in [0.25, 0.3) is 5.56 Å². The summed E-state index contributed by atoms with van der Waals surface area (Å²) in [6, 6.07) is 0.335. The first-order chi connectivity index (χ1) is 12.6. The predicted octanol–water partition coefficient (Wildman–Crippen LogP) is 1.13. The van der Waals surface area contributed by atoms with Crippen LogP contribution >= 0.6 is 0 Å². The van der Waals surface area contributed by atoms with Gasteiger partial charge in [-0.05, 0) is 39.0 Å². The molecule has 1 N–H and O–H groups in total. The SMILES string of the molecule is C[C@H]1CCCCN1C(=O)CN1CCc2nc(N3CCCC3)[nH]c(=O)c2C1. The van der Waals surface area contributed by atoms with Crippen molar-refractivity contribution in [1.29, 1.82) is 0 Å². The van der Waals surface area contributed by atoms with Gasteiger partial charge >= 0.3 is 0 Å². The van der Waals surface area contributed by atoms with Crippen LogP contribution in [0, 0.1) is 0 Å². The topological polar surface area (TPSA) is 72.5 Å². The molecule has 142 valence electrons. The average Bonchev–Trinajstić information content (AvgIpc) is 3.17. The third-order valence-electron chi connectivity index (χ3n) is 6.02. The van der Waals surface area contributed by atoms with Crippen LogP contribution < -0.4 is 10.5 Å². The van der Waals surface area contributed by atoms with Crippen LogP contribution in [-0.4, -0.2) is 64.4 Å². The molecule has 0 radical (unpaired) electrons. The molecule has 1 amide bonds. The monoisotopic (exact) mass is 359 g/mol. The highest BCUT2D eigenvalue weighted by Crippen LogP contribution is 2.20. The number of likely N-dealkylation sites (tertiary alicyclic amines) is 1. The molecule has 2 saturated heterocycles. The molecule has 0 unspecified atom stereocenters. The maximum absolute atomic E-state index is 12.7.